The summed E-state index contributed by atoms with van der Waals surface area (Å²) >= 11 is 0. The number of hydrogen-bond donors (Lipinski definition) is 1. The predicted molar refractivity (Wildman–Crippen MR) is 98.5 cm³/mol. The number of likely N-dealkylation sites (N-methyl/N-ethyl adjacent to an activating group) is 1. The Kier molecular flexibility index (Phi) is 5.75. The average molecular weight is 333 g/mol. The van der Waals surface area contributed by atoms with Crippen LogP contribution in [-0.2, 0) is 4.74 Å². The molecule has 5 nitrogen and oxygen atoms in total. The van der Waals surface area contributed by atoms with Crippen molar-refractivity contribution in [2.24, 2.45) is 0 Å². The molecular formula is C19H31N3O2. The van der Waals surface area contributed by atoms with E-state index in [1.54, 1.807) is 0 Å². The first-order chi connectivity index (χ1) is 11.2. The molecule has 134 valence electrons. The molecule has 0 unspecified atom stereocenters. The summed E-state index contributed by atoms with van der Waals surface area (Å²) in [5.74, 6) is 0. The highest BCUT2D eigenvalue weighted by Crippen LogP contribution is 2.22. The molecule has 1 aromatic carbocycles. The van der Waals surface area contributed by atoms with Gasteiger partial charge in [0, 0.05) is 31.4 Å². The minimum atomic E-state index is -0.480. The number of benzene rings is 1. The number of piperazine rings is 1. The highest BCUT2D eigenvalue weighted by Gasteiger charge is 2.21. The van der Waals surface area contributed by atoms with E-state index in [1.807, 2.05) is 27.7 Å². The molecule has 1 aliphatic heterocycles. The smallest absolute Gasteiger partial charge is 0.408 e. The van der Waals surface area contributed by atoms with Crippen LogP contribution in [0.25, 0.3) is 0 Å². The van der Waals surface area contributed by atoms with Gasteiger partial charge in [-0.2, -0.15) is 0 Å². The zero-order chi connectivity index (χ0) is 17.9. The molecule has 2 atom stereocenters. The van der Waals surface area contributed by atoms with E-state index in [2.05, 4.69) is 53.4 Å². The van der Waals surface area contributed by atoms with E-state index in [-0.39, 0.29) is 12.1 Å². The Morgan fingerprint density at radius 2 is 1.88 bits per heavy atom. The van der Waals surface area contributed by atoms with Gasteiger partial charge in [0.25, 0.3) is 0 Å². The van der Waals surface area contributed by atoms with E-state index < -0.39 is 5.60 Å². The molecular weight excluding hydrogens is 302 g/mol. The molecule has 1 aliphatic rings. The second-order valence-corrected chi connectivity index (χ2v) is 7.74. The lowest BCUT2D eigenvalue weighted by atomic mass is 10.1. The normalized spacial score (nSPS) is 20.6. The Labute approximate surface area is 146 Å². The highest BCUT2D eigenvalue weighted by atomic mass is 16.6. The second kappa shape index (κ2) is 7.43. The fourth-order valence-electron chi connectivity index (χ4n) is 2.82. The molecule has 0 aromatic heterocycles. The first-order valence-corrected chi connectivity index (χ1v) is 8.70. The van der Waals surface area contributed by atoms with Crippen LogP contribution >= 0.6 is 0 Å². The van der Waals surface area contributed by atoms with Crippen LogP contribution in [0.2, 0.25) is 0 Å². The van der Waals surface area contributed by atoms with E-state index >= 15 is 0 Å². The van der Waals surface area contributed by atoms with Gasteiger partial charge in [0.15, 0.2) is 0 Å². The molecule has 1 amide bonds. The van der Waals surface area contributed by atoms with Crippen LogP contribution in [0.1, 0.15) is 46.2 Å². The third-order valence-electron chi connectivity index (χ3n) is 4.45. The van der Waals surface area contributed by atoms with Gasteiger partial charge in [-0.15, -0.1) is 0 Å². The van der Waals surface area contributed by atoms with Gasteiger partial charge in [0.05, 0.1) is 6.04 Å². The maximum atomic E-state index is 11.9. The predicted octanol–water partition coefficient (Wildman–Crippen LogP) is 3.41. The third kappa shape index (κ3) is 5.13. The molecule has 0 saturated carbocycles. The maximum Gasteiger partial charge on any atom is 0.408 e. The van der Waals surface area contributed by atoms with Crippen molar-refractivity contribution in [1.29, 1.82) is 0 Å². The first kappa shape index (κ1) is 18.6. The number of ether oxygens (including phenoxy) is 1. The number of alkyl carbamates (subject to hydrolysis) is 1. The molecule has 2 rings (SSSR count). The van der Waals surface area contributed by atoms with Gasteiger partial charge in [-0.25, -0.2) is 4.79 Å². The molecule has 1 heterocycles. The van der Waals surface area contributed by atoms with Crippen molar-refractivity contribution in [3.05, 3.63) is 29.8 Å². The lowest BCUT2D eigenvalue weighted by Crippen LogP contribution is -2.50. The summed E-state index contributed by atoms with van der Waals surface area (Å²) < 4.78 is 5.31. The van der Waals surface area contributed by atoms with Crippen molar-refractivity contribution in [1.82, 2.24) is 10.2 Å². The summed E-state index contributed by atoms with van der Waals surface area (Å²) in [5.41, 5.74) is 1.83. The average Bonchev–Trinajstić information content (AvgIpc) is 2.48. The monoisotopic (exact) mass is 333 g/mol. The van der Waals surface area contributed by atoms with Gasteiger partial charge >= 0.3 is 6.09 Å². The van der Waals surface area contributed by atoms with Crippen molar-refractivity contribution in [2.75, 3.05) is 31.6 Å². The van der Waals surface area contributed by atoms with E-state index in [4.69, 9.17) is 4.74 Å². The van der Waals surface area contributed by atoms with Crippen LogP contribution in [0, 0.1) is 0 Å². The van der Waals surface area contributed by atoms with Gasteiger partial charge < -0.3 is 19.9 Å². The zero-order valence-corrected chi connectivity index (χ0v) is 15.8. The van der Waals surface area contributed by atoms with E-state index in [0.29, 0.717) is 6.04 Å². The number of amides is 1. The van der Waals surface area contributed by atoms with Gasteiger partial charge in [0.2, 0.25) is 0 Å². The molecule has 0 bridgehead atoms. The van der Waals surface area contributed by atoms with Crippen molar-refractivity contribution >= 4 is 11.8 Å². The lowest BCUT2D eigenvalue weighted by molar-refractivity contribution is 0.0508. The number of carbonyl (C=O) groups excluding carboxylic acids is 1. The van der Waals surface area contributed by atoms with E-state index in [0.717, 1.165) is 25.2 Å². The van der Waals surface area contributed by atoms with Crippen LogP contribution in [0.15, 0.2) is 24.3 Å². The lowest BCUT2D eigenvalue weighted by Gasteiger charge is -2.39. The first-order valence-electron chi connectivity index (χ1n) is 8.70. The summed E-state index contributed by atoms with van der Waals surface area (Å²) in [6, 6.07) is 8.92. The van der Waals surface area contributed by atoms with Crippen molar-refractivity contribution in [3.63, 3.8) is 0 Å². The van der Waals surface area contributed by atoms with Crippen LogP contribution in [0.4, 0.5) is 10.5 Å². The number of hydrogen-bond acceptors (Lipinski definition) is 4. The Hall–Kier alpha value is -1.75. The van der Waals surface area contributed by atoms with Crippen molar-refractivity contribution in [2.45, 2.75) is 52.3 Å². The third-order valence-corrected chi connectivity index (χ3v) is 4.45. The Balaban J connectivity index is 1.95. The van der Waals surface area contributed by atoms with Crippen LogP contribution in [-0.4, -0.2) is 49.3 Å². The van der Waals surface area contributed by atoms with Gasteiger partial charge in [-0.05, 0) is 59.4 Å². The molecule has 5 heteroatoms. The van der Waals surface area contributed by atoms with Crippen molar-refractivity contribution < 1.29 is 9.53 Å². The summed E-state index contributed by atoms with van der Waals surface area (Å²) in [5, 5.41) is 2.88. The minimum Gasteiger partial charge on any atom is -0.444 e. The Bertz CT molecular complexity index is 551. The Morgan fingerprint density at radius 3 is 2.42 bits per heavy atom. The molecule has 0 aliphatic carbocycles. The summed E-state index contributed by atoms with van der Waals surface area (Å²) in [7, 11) is 2.18. The number of anilines is 1. The summed E-state index contributed by atoms with van der Waals surface area (Å²) in [6.45, 7) is 13.0. The molecule has 1 aromatic rings. The van der Waals surface area contributed by atoms with Crippen LogP contribution < -0.4 is 10.2 Å². The van der Waals surface area contributed by atoms with Crippen molar-refractivity contribution in [3.8, 4) is 0 Å². The largest absolute Gasteiger partial charge is 0.444 e. The molecule has 1 saturated heterocycles. The molecule has 1 fully saturated rings. The number of rotatable bonds is 3. The number of nitrogens with one attached hydrogen (secondary N) is 1. The fourth-order valence-corrected chi connectivity index (χ4v) is 2.82. The number of carbonyl (C=O) groups is 1. The summed E-state index contributed by atoms with van der Waals surface area (Å²) in [6.07, 6.45) is -0.382. The van der Waals surface area contributed by atoms with Crippen LogP contribution in [0.5, 0.6) is 0 Å². The standard InChI is InChI=1S/C19H31N3O2/c1-14-13-22(12-11-21(14)6)17-9-7-16(8-10-17)15(2)20-18(23)24-19(3,4)5/h7-10,14-15H,11-13H2,1-6H3,(H,20,23)/t14-,15+/m1/s1. The highest BCUT2D eigenvalue weighted by molar-refractivity contribution is 5.68. The molecule has 0 radical (unpaired) electrons. The van der Waals surface area contributed by atoms with E-state index in [1.165, 1.54) is 5.69 Å². The zero-order valence-electron chi connectivity index (χ0n) is 15.8. The van der Waals surface area contributed by atoms with Gasteiger partial charge in [0.1, 0.15) is 5.60 Å². The van der Waals surface area contributed by atoms with Gasteiger partial charge in [-0.1, -0.05) is 12.1 Å². The van der Waals surface area contributed by atoms with E-state index in [9.17, 15) is 4.79 Å². The fraction of sp³-hybridized carbons (Fsp3) is 0.632. The molecule has 1 N–H and O–H groups in total. The molecule has 0 spiro atoms. The topological polar surface area (TPSA) is 44.8 Å². The maximum absolute atomic E-state index is 11.9. The Morgan fingerprint density at radius 1 is 1.25 bits per heavy atom. The second-order valence-electron chi connectivity index (χ2n) is 7.74. The van der Waals surface area contributed by atoms with Gasteiger partial charge in [-0.3, -0.25) is 0 Å². The number of nitrogens with zero attached hydrogens (tertiary/aromatic N) is 2. The minimum absolute atomic E-state index is 0.0830. The SMILES string of the molecule is C[C@H](NC(=O)OC(C)(C)C)c1ccc(N2CCN(C)[C@H](C)C2)cc1. The summed E-state index contributed by atoms with van der Waals surface area (Å²) in [4.78, 5) is 16.7. The van der Waals surface area contributed by atoms with Crippen LogP contribution in [0.3, 0.4) is 0 Å². The molecule has 24 heavy (non-hydrogen) atoms. The quantitative estimate of drug-likeness (QED) is 0.921.